The van der Waals surface area contributed by atoms with Gasteiger partial charge in [-0.15, -0.1) is 0 Å². The smallest absolute Gasteiger partial charge is 0.413 e. The Morgan fingerprint density at radius 2 is 1.61 bits per heavy atom. The summed E-state index contributed by atoms with van der Waals surface area (Å²) in [6, 6.07) is 0. The van der Waals surface area contributed by atoms with Gasteiger partial charge in [0, 0.05) is 24.0 Å². The van der Waals surface area contributed by atoms with Crippen molar-refractivity contribution in [1.29, 1.82) is 0 Å². The summed E-state index contributed by atoms with van der Waals surface area (Å²) in [5.74, 6) is 3.93. The summed E-state index contributed by atoms with van der Waals surface area (Å²) in [5.41, 5.74) is -6.06. The number of rotatable bonds is 11. The van der Waals surface area contributed by atoms with Crippen molar-refractivity contribution in [2.75, 3.05) is 0 Å². The van der Waals surface area contributed by atoms with Gasteiger partial charge in [-0.3, -0.25) is 8.98 Å². The van der Waals surface area contributed by atoms with Crippen LogP contribution in [0.3, 0.4) is 0 Å². The van der Waals surface area contributed by atoms with E-state index in [1.807, 2.05) is 20.8 Å². The van der Waals surface area contributed by atoms with Gasteiger partial charge in [-0.25, -0.2) is 0 Å². The number of hydrogen-bond donors (Lipinski definition) is 0. The van der Waals surface area contributed by atoms with Crippen LogP contribution in [0.25, 0.3) is 0 Å². The molecule has 2 saturated carbocycles. The molecular weight excluding hydrogens is 582 g/mol. The summed E-state index contributed by atoms with van der Waals surface area (Å²) in [7, 11) is -1.84. The van der Waals surface area contributed by atoms with Gasteiger partial charge in [0.25, 0.3) is 0 Å². The fourth-order valence-corrected chi connectivity index (χ4v) is 9.54. The number of hydrogen-bond acceptors (Lipinski definition) is 4. The van der Waals surface area contributed by atoms with Crippen LogP contribution in [0.5, 0.6) is 0 Å². The number of ketones is 1. The average molecular weight is 631 g/mol. The fraction of sp³-hybridized carbons (Fsp3) is 0.900. The molecule has 2 rings (SSSR count). The monoisotopic (exact) mass is 630 g/mol. The maximum absolute atomic E-state index is 14.0. The van der Waals surface area contributed by atoms with Gasteiger partial charge in [-0.2, -0.15) is 26.3 Å². The predicted molar refractivity (Wildman–Crippen MR) is 155 cm³/mol. The first-order valence-corrected chi connectivity index (χ1v) is 18.8. The summed E-state index contributed by atoms with van der Waals surface area (Å²) in [5, 5.41) is -0.632. The highest BCUT2D eigenvalue weighted by Gasteiger charge is 2.73. The minimum Gasteiger partial charge on any atom is -0.413 e. The number of Topliss-reactive ketones (excluding diaryl/α,β-unsaturated/α-hetero) is 1. The Morgan fingerprint density at radius 3 is 2.12 bits per heavy atom. The molecule has 3 nitrogen and oxygen atoms in total. The molecule has 2 aliphatic rings. The molecule has 0 aromatic carbocycles. The summed E-state index contributed by atoms with van der Waals surface area (Å²) in [6.07, 6.45) is -6.35. The van der Waals surface area contributed by atoms with Gasteiger partial charge in [-0.05, 0) is 107 Å². The second-order valence-electron chi connectivity index (χ2n) is 14.4. The maximum Gasteiger partial charge on any atom is 0.439 e. The highest BCUT2D eigenvalue weighted by atomic mass is 32.2. The van der Waals surface area contributed by atoms with Crippen LogP contribution in [0, 0.1) is 34.5 Å². The van der Waals surface area contributed by atoms with Gasteiger partial charge in [0.15, 0.2) is 8.32 Å². The van der Waals surface area contributed by atoms with E-state index in [2.05, 4.69) is 36.7 Å². The minimum atomic E-state index is -5.78. The zero-order valence-corrected chi connectivity index (χ0v) is 27.8. The SMILES string of the molecule is CC(C)SOC(C#CCC(C)(CCCC(C)(C)O[Si](C)(C)C)C1CCC2C(=O)CCC[C@@]21C)(C(F)(F)F)C(F)(F)F. The standard InChI is InChI=1S/C30H48F6O3SSi/c1-21(2)40-38-28(29(31,32)33,30(34,35)36)20-12-18-26(5,17-11-16-25(3,4)39-41(7,8)9)24-15-14-22-23(37)13-10-19-27(22,24)6/h21-22,24H,10-11,13-19H2,1-9H3/t22?,24?,26?,27-/m0/s1. The van der Waals surface area contributed by atoms with E-state index in [0.29, 0.717) is 38.5 Å². The van der Waals surface area contributed by atoms with Crippen LogP contribution in [0.15, 0.2) is 0 Å². The highest BCUT2D eigenvalue weighted by Crippen LogP contribution is 2.61. The molecule has 11 heteroatoms. The summed E-state index contributed by atoms with van der Waals surface area (Å²) in [6.45, 7) is 17.2. The molecule has 0 saturated heterocycles. The molecule has 0 heterocycles. The minimum absolute atomic E-state index is 0.0586. The molecular formula is C30H48F6O3SSi. The molecule has 4 atom stereocenters. The summed E-state index contributed by atoms with van der Waals surface area (Å²) in [4.78, 5) is 12.8. The second kappa shape index (κ2) is 12.7. The Hall–Kier alpha value is -0.703. The van der Waals surface area contributed by atoms with Gasteiger partial charge in [0.2, 0.25) is 0 Å². The molecule has 2 fully saturated rings. The van der Waals surface area contributed by atoms with E-state index in [1.54, 1.807) is 5.92 Å². The van der Waals surface area contributed by atoms with Crippen LogP contribution in [-0.2, 0) is 13.4 Å². The fourth-order valence-electron chi connectivity index (χ4n) is 7.22. The third-order valence-corrected chi connectivity index (χ3v) is 10.6. The van der Waals surface area contributed by atoms with Crippen molar-refractivity contribution in [2.24, 2.45) is 22.7 Å². The van der Waals surface area contributed by atoms with Crippen molar-refractivity contribution in [2.45, 2.75) is 148 Å². The number of alkyl halides is 6. The molecule has 0 spiro atoms. The quantitative estimate of drug-likeness (QED) is 0.0985. The Balaban J connectivity index is 2.48. The lowest BCUT2D eigenvalue weighted by molar-refractivity contribution is -0.330. The van der Waals surface area contributed by atoms with Crippen molar-refractivity contribution < 1.29 is 39.7 Å². The van der Waals surface area contributed by atoms with E-state index in [9.17, 15) is 31.1 Å². The molecule has 0 amide bonds. The first kappa shape index (κ1) is 36.5. The van der Waals surface area contributed by atoms with Crippen LogP contribution in [-0.4, -0.2) is 42.9 Å². The van der Waals surface area contributed by atoms with Gasteiger partial charge in [-0.1, -0.05) is 40.0 Å². The average Bonchev–Trinajstić information content (AvgIpc) is 3.11. The number of halogens is 6. The number of carbonyl (C=O) groups excluding carboxylic acids is 1. The Kier molecular flexibility index (Phi) is 11.3. The summed E-state index contributed by atoms with van der Waals surface area (Å²) >= 11 is 0.120. The third-order valence-electron chi connectivity index (χ3n) is 8.73. The molecule has 0 aromatic rings. The van der Waals surface area contributed by atoms with Crippen molar-refractivity contribution in [3.8, 4) is 11.8 Å². The van der Waals surface area contributed by atoms with Crippen molar-refractivity contribution in [3.63, 3.8) is 0 Å². The van der Waals surface area contributed by atoms with Crippen LogP contribution < -0.4 is 0 Å². The molecule has 0 bridgehead atoms. The molecule has 41 heavy (non-hydrogen) atoms. The number of carbonyl (C=O) groups is 1. The first-order valence-electron chi connectivity index (χ1n) is 14.6. The van der Waals surface area contributed by atoms with Crippen LogP contribution in [0.4, 0.5) is 26.3 Å². The van der Waals surface area contributed by atoms with Gasteiger partial charge >= 0.3 is 18.0 Å². The number of fused-ring (bicyclic) bond motifs is 1. The van der Waals surface area contributed by atoms with E-state index in [4.69, 9.17) is 4.43 Å². The van der Waals surface area contributed by atoms with E-state index < -0.39 is 42.5 Å². The van der Waals surface area contributed by atoms with E-state index in [1.165, 1.54) is 13.8 Å². The predicted octanol–water partition coefficient (Wildman–Crippen LogP) is 9.91. The Bertz CT molecular complexity index is 964. The van der Waals surface area contributed by atoms with E-state index in [-0.39, 0.29) is 41.5 Å². The Morgan fingerprint density at radius 1 is 1.02 bits per heavy atom. The zero-order valence-electron chi connectivity index (χ0n) is 26.0. The molecule has 238 valence electrons. The third kappa shape index (κ3) is 8.69. The van der Waals surface area contributed by atoms with Crippen molar-refractivity contribution in [3.05, 3.63) is 0 Å². The second-order valence-corrected chi connectivity index (χ2v) is 20.1. The molecule has 3 unspecified atom stereocenters. The highest BCUT2D eigenvalue weighted by molar-refractivity contribution is 7.95. The van der Waals surface area contributed by atoms with E-state index in [0.717, 1.165) is 12.8 Å². The molecule has 2 aliphatic carbocycles. The topological polar surface area (TPSA) is 35.5 Å². The van der Waals surface area contributed by atoms with Gasteiger partial charge < -0.3 is 4.43 Å². The van der Waals surface area contributed by atoms with Crippen LogP contribution in [0.2, 0.25) is 19.6 Å². The Labute approximate surface area is 248 Å². The normalized spacial score (nSPS) is 26.0. The van der Waals surface area contributed by atoms with Gasteiger partial charge in [0.05, 0.1) is 5.60 Å². The zero-order chi connectivity index (χ0) is 31.7. The maximum atomic E-state index is 14.0. The molecule has 0 radical (unpaired) electrons. The lowest BCUT2D eigenvalue weighted by atomic mass is 9.56. The lowest BCUT2D eigenvalue weighted by Gasteiger charge is -2.48. The van der Waals surface area contributed by atoms with Crippen LogP contribution in [0.1, 0.15) is 99.3 Å². The first-order chi connectivity index (χ1) is 18.4. The van der Waals surface area contributed by atoms with Gasteiger partial charge in [0.1, 0.15) is 5.78 Å². The molecule has 0 aromatic heterocycles. The van der Waals surface area contributed by atoms with Crippen LogP contribution >= 0.6 is 12.0 Å². The molecule has 0 N–H and O–H groups in total. The van der Waals surface area contributed by atoms with E-state index >= 15 is 0 Å². The largest absolute Gasteiger partial charge is 0.439 e. The molecule has 0 aliphatic heterocycles. The lowest BCUT2D eigenvalue weighted by Crippen LogP contribution is -2.57. The summed E-state index contributed by atoms with van der Waals surface area (Å²) < 4.78 is 95.0. The van der Waals surface area contributed by atoms with Crippen molar-refractivity contribution in [1.82, 2.24) is 0 Å². The van der Waals surface area contributed by atoms with Crippen molar-refractivity contribution >= 4 is 26.1 Å².